The minimum absolute atomic E-state index is 0.241. The SMILES string of the molecule is Cc1ccc(-c2cc(C(=O)Nn3cnnc3)c3ccccc3n2)c(C)c1. The van der Waals surface area contributed by atoms with Crippen LogP contribution in [-0.2, 0) is 0 Å². The molecule has 2 aromatic carbocycles. The van der Waals surface area contributed by atoms with Gasteiger partial charge in [0, 0.05) is 10.9 Å². The highest BCUT2D eigenvalue weighted by molar-refractivity contribution is 6.10. The number of fused-ring (bicyclic) bond motifs is 1. The molecule has 0 aliphatic rings. The lowest BCUT2D eigenvalue weighted by Gasteiger charge is -2.12. The second-order valence-electron chi connectivity index (χ2n) is 6.20. The molecule has 2 aromatic heterocycles. The molecule has 0 aliphatic carbocycles. The van der Waals surface area contributed by atoms with Crippen molar-refractivity contribution < 1.29 is 4.79 Å². The van der Waals surface area contributed by atoms with Gasteiger partial charge in [0.05, 0.1) is 16.8 Å². The number of rotatable bonds is 3. The number of nitrogens with zero attached hydrogens (tertiary/aromatic N) is 4. The van der Waals surface area contributed by atoms with Gasteiger partial charge in [0.15, 0.2) is 0 Å². The second-order valence-corrected chi connectivity index (χ2v) is 6.20. The third-order valence-electron chi connectivity index (χ3n) is 4.27. The van der Waals surface area contributed by atoms with Gasteiger partial charge in [-0.1, -0.05) is 42.0 Å². The zero-order valence-corrected chi connectivity index (χ0v) is 14.5. The van der Waals surface area contributed by atoms with E-state index in [0.29, 0.717) is 5.56 Å². The fraction of sp³-hybridized carbons (Fsp3) is 0.100. The van der Waals surface area contributed by atoms with Gasteiger partial charge >= 0.3 is 0 Å². The molecule has 128 valence electrons. The summed E-state index contributed by atoms with van der Waals surface area (Å²) in [5.41, 5.74) is 8.19. The van der Waals surface area contributed by atoms with Gasteiger partial charge in [-0.15, -0.1) is 10.2 Å². The molecule has 1 N–H and O–H groups in total. The molecule has 26 heavy (non-hydrogen) atoms. The number of pyridine rings is 1. The molecule has 0 bridgehead atoms. The van der Waals surface area contributed by atoms with Crippen molar-refractivity contribution in [2.45, 2.75) is 13.8 Å². The van der Waals surface area contributed by atoms with E-state index < -0.39 is 0 Å². The molecule has 0 saturated heterocycles. The molecule has 0 unspecified atom stereocenters. The highest BCUT2D eigenvalue weighted by Gasteiger charge is 2.15. The topological polar surface area (TPSA) is 72.7 Å². The molecule has 0 aliphatic heterocycles. The summed E-state index contributed by atoms with van der Waals surface area (Å²) in [6.07, 6.45) is 2.87. The minimum atomic E-state index is -0.241. The Hall–Kier alpha value is -3.54. The first-order valence-electron chi connectivity index (χ1n) is 8.25. The van der Waals surface area contributed by atoms with Crippen LogP contribution in [0.25, 0.3) is 22.2 Å². The quantitative estimate of drug-likeness (QED) is 0.618. The normalized spacial score (nSPS) is 10.8. The minimum Gasteiger partial charge on any atom is -0.267 e. The Kier molecular flexibility index (Phi) is 3.93. The molecule has 4 rings (SSSR count). The maximum Gasteiger partial charge on any atom is 0.270 e. The molecule has 1 amide bonds. The summed E-state index contributed by atoms with van der Waals surface area (Å²) in [5, 5.41) is 8.20. The smallest absolute Gasteiger partial charge is 0.267 e. The summed E-state index contributed by atoms with van der Waals surface area (Å²) in [7, 11) is 0. The van der Waals surface area contributed by atoms with Gasteiger partial charge in [-0.05, 0) is 31.5 Å². The van der Waals surface area contributed by atoms with Crippen molar-refractivity contribution in [2.75, 3.05) is 5.43 Å². The van der Waals surface area contributed by atoms with E-state index in [1.165, 1.54) is 22.9 Å². The first kappa shape index (κ1) is 16.0. The Morgan fingerprint density at radius 2 is 1.77 bits per heavy atom. The summed E-state index contributed by atoms with van der Waals surface area (Å²) in [6, 6.07) is 15.7. The van der Waals surface area contributed by atoms with Crippen LogP contribution in [0.4, 0.5) is 0 Å². The van der Waals surface area contributed by atoms with Gasteiger partial charge in [-0.2, -0.15) is 0 Å². The van der Waals surface area contributed by atoms with E-state index in [-0.39, 0.29) is 5.91 Å². The van der Waals surface area contributed by atoms with Crippen molar-refractivity contribution in [3.05, 3.63) is 77.9 Å². The summed E-state index contributed by atoms with van der Waals surface area (Å²) in [5.74, 6) is -0.241. The van der Waals surface area contributed by atoms with E-state index >= 15 is 0 Å². The van der Waals surface area contributed by atoms with Gasteiger partial charge in [0.25, 0.3) is 5.91 Å². The number of para-hydroxylation sites is 1. The zero-order valence-electron chi connectivity index (χ0n) is 14.5. The number of hydrogen-bond donors (Lipinski definition) is 1. The van der Waals surface area contributed by atoms with Crippen LogP contribution >= 0.6 is 0 Å². The monoisotopic (exact) mass is 343 g/mol. The molecule has 4 aromatic rings. The maximum absolute atomic E-state index is 12.8. The molecule has 0 fully saturated rings. The predicted octanol–water partition coefficient (Wildman–Crippen LogP) is 3.49. The Morgan fingerprint density at radius 1 is 1.00 bits per heavy atom. The molecular formula is C20H17N5O. The standard InChI is InChI=1S/C20H17N5O/c1-13-7-8-15(14(2)9-13)19-10-17(16-5-3-4-6-18(16)23-19)20(26)24-25-11-21-22-12-25/h3-12H,1-2H3,(H,24,26). The van der Waals surface area contributed by atoms with Gasteiger partial charge in [-0.3, -0.25) is 10.2 Å². The van der Waals surface area contributed by atoms with Crippen LogP contribution in [0.2, 0.25) is 0 Å². The van der Waals surface area contributed by atoms with Crippen molar-refractivity contribution in [1.82, 2.24) is 19.9 Å². The van der Waals surface area contributed by atoms with Crippen LogP contribution in [0.5, 0.6) is 0 Å². The van der Waals surface area contributed by atoms with E-state index in [4.69, 9.17) is 4.98 Å². The van der Waals surface area contributed by atoms with Gasteiger partial charge in [0.1, 0.15) is 12.7 Å². The van der Waals surface area contributed by atoms with Crippen LogP contribution in [0.15, 0.2) is 61.2 Å². The molecule has 0 atom stereocenters. The number of hydrogen-bond acceptors (Lipinski definition) is 4. The number of amides is 1. The van der Waals surface area contributed by atoms with Crippen molar-refractivity contribution >= 4 is 16.8 Å². The predicted molar refractivity (Wildman–Crippen MR) is 100 cm³/mol. The third-order valence-corrected chi connectivity index (χ3v) is 4.27. The molecule has 6 heteroatoms. The lowest BCUT2D eigenvalue weighted by Crippen LogP contribution is -2.22. The van der Waals surface area contributed by atoms with Crippen LogP contribution in [0.1, 0.15) is 21.5 Å². The highest BCUT2D eigenvalue weighted by Crippen LogP contribution is 2.27. The van der Waals surface area contributed by atoms with Crippen LogP contribution in [0, 0.1) is 13.8 Å². The lowest BCUT2D eigenvalue weighted by atomic mass is 9.99. The van der Waals surface area contributed by atoms with E-state index in [2.05, 4.69) is 41.6 Å². The number of carbonyl (C=O) groups is 1. The molecule has 2 heterocycles. The van der Waals surface area contributed by atoms with Crippen molar-refractivity contribution in [1.29, 1.82) is 0 Å². The summed E-state index contributed by atoms with van der Waals surface area (Å²) >= 11 is 0. The molecule has 0 spiro atoms. The molecular weight excluding hydrogens is 326 g/mol. The molecule has 6 nitrogen and oxygen atoms in total. The van der Waals surface area contributed by atoms with Crippen molar-refractivity contribution in [2.24, 2.45) is 0 Å². The Bertz CT molecular complexity index is 1100. The van der Waals surface area contributed by atoms with Gasteiger partial charge < -0.3 is 0 Å². The van der Waals surface area contributed by atoms with Gasteiger partial charge in [-0.25, -0.2) is 9.66 Å². The lowest BCUT2D eigenvalue weighted by molar-refractivity contribution is 0.101. The largest absolute Gasteiger partial charge is 0.270 e. The molecule has 0 saturated carbocycles. The third kappa shape index (κ3) is 2.93. The van der Waals surface area contributed by atoms with E-state index in [9.17, 15) is 4.79 Å². The first-order valence-corrected chi connectivity index (χ1v) is 8.25. The number of benzene rings is 2. The maximum atomic E-state index is 12.8. The van der Waals surface area contributed by atoms with E-state index in [1.54, 1.807) is 0 Å². The fourth-order valence-corrected chi connectivity index (χ4v) is 3.04. The first-order chi connectivity index (χ1) is 12.6. The average Bonchev–Trinajstić information content (AvgIpc) is 3.13. The highest BCUT2D eigenvalue weighted by atomic mass is 16.2. The van der Waals surface area contributed by atoms with Crippen molar-refractivity contribution in [3.8, 4) is 11.3 Å². The Balaban J connectivity index is 1.87. The summed E-state index contributed by atoms with van der Waals surface area (Å²) < 4.78 is 1.42. The van der Waals surface area contributed by atoms with Crippen molar-refractivity contribution in [3.63, 3.8) is 0 Å². The van der Waals surface area contributed by atoms with Gasteiger partial charge in [0.2, 0.25) is 0 Å². The average molecular weight is 343 g/mol. The Labute approximate surface area is 150 Å². The van der Waals surface area contributed by atoms with Crippen LogP contribution in [-0.4, -0.2) is 25.8 Å². The van der Waals surface area contributed by atoms with Crippen LogP contribution < -0.4 is 5.43 Å². The zero-order chi connectivity index (χ0) is 18.1. The van der Waals surface area contributed by atoms with Crippen LogP contribution in [0.3, 0.4) is 0 Å². The molecule has 0 radical (unpaired) electrons. The fourth-order valence-electron chi connectivity index (χ4n) is 3.04. The number of aromatic nitrogens is 4. The number of carbonyl (C=O) groups excluding carboxylic acids is 1. The Morgan fingerprint density at radius 3 is 2.54 bits per heavy atom. The van der Waals surface area contributed by atoms with E-state index in [0.717, 1.165) is 27.7 Å². The summed E-state index contributed by atoms with van der Waals surface area (Å²) in [4.78, 5) is 17.6. The van der Waals surface area contributed by atoms with E-state index in [1.807, 2.05) is 36.4 Å². The summed E-state index contributed by atoms with van der Waals surface area (Å²) in [6.45, 7) is 4.11. The number of aryl methyl sites for hydroxylation is 2. The number of nitrogens with one attached hydrogen (secondary N) is 1. The second kappa shape index (κ2) is 6.40.